The number of para-hydroxylation sites is 1. The molecule has 0 saturated heterocycles. The van der Waals surface area contributed by atoms with E-state index in [0.717, 1.165) is 55.5 Å². The van der Waals surface area contributed by atoms with Gasteiger partial charge in [-0.05, 0) is 92.2 Å². The van der Waals surface area contributed by atoms with Crippen molar-refractivity contribution in [1.82, 2.24) is 4.40 Å². The van der Waals surface area contributed by atoms with E-state index >= 15 is 0 Å². The minimum atomic E-state index is -0.378. The Kier molecular flexibility index (Phi) is 5.31. The van der Waals surface area contributed by atoms with E-state index in [-0.39, 0.29) is 11.0 Å². The number of allylic oxidation sites excluding steroid dienone is 5. The molecule has 0 fully saturated rings. The fraction of sp³-hybridized carbons (Fsp3) is 0.0444. The van der Waals surface area contributed by atoms with E-state index in [4.69, 9.17) is 0 Å². The van der Waals surface area contributed by atoms with Crippen molar-refractivity contribution in [1.29, 1.82) is 0 Å². The van der Waals surface area contributed by atoms with Crippen LogP contribution in [0.15, 0.2) is 163 Å². The monoisotopic (exact) mass is 599 g/mol. The van der Waals surface area contributed by atoms with Crippen LogP contribution < -0.4 is 5.56 Å². The highest BCUT2D eigenvalue weighted by molar-refractivity contribution is 6.21. The molecule has 2 heteroatoms. The molecular weight excluding hydrogens is 571 g/mol. The summed E-state index contributed by atoms with van der Waals surface area (Å²) in [4.78, 5) is 13.9. The summed E-state index contributed by atoms with van der Waals surface area (Å²) in [6.45, 7) is 4.49. The molecule has 1 unspecified atom stereocenters. The van der Waals surface area contributed by atoms with Gasteiger partial charge in [0.2, 0.25) is 0 Å². The molecule has 2 aliphatic carbocycles. The molecule has 0 aliphatic heterocycles. The van der Waals surface area contributed by atoms with Gasteiger partial charge in [0, 0.05) is 21.5 Å². The third-order valence-corrected chi connectivity index (χ3v) is 10.6. The second-order valence-corrected chi connectivity index (χ2v) is 12.9. The second-order valence-electron chi connectivity index (χ2n) is 12.9. The average Bonchev–Trinajstić information content (AvgIpc) is 3.63. The van der Waals surface area contributed by atoms with E-state index in [2.05, 4.69) is 134 Å². The van der Waals surface area contributed by atoms with Crippen LogP contribution in [-0.4, -0.2) is 4.40 Å². The molecule has 1 atom stereocenters. The first-order valence-corrected chi connectivity index (χ1v) is 16.2. The zero-order valence-corrected chi connectivity index (χ0v) is 25.7. The van der Waals surface area contributed by atoms with Gasteiger partial charge in [0.25, 0.3) is 5.56 Å². The lowest BCUT2D eigenvalue weighted by Gasteiger charge is -2.34. The minimum absolute atomic E-state index is 0.0345. The third-order valence-electron chi connectivity index (χ3n) is 10.6. The lowest BCUT2D eigenvalue weighted by Crippen LogP contribution is -2.27. The Morgan fingerprint density at radius 3 is 2.02 bits per heavy atom. The van der Waals surface area contributed by atoms with Crippen LogP contribution in [-0.2, 0) is 5.41 Å². The number of pyridine rings is 1. The maximum Gasteiger partial charge on any atom is 0.263 e. The van der Waals surface area contributed by atoms with Crippen molar-refractivity contribution >= 4 is 43.5 Å². The number of nitrogens with zero attached hydrogens (tertiary/aromatic N) is 1. The number of hydrogen-bond acceptors (Lipinski definition) is 1. The molecule has 0 bridgehead atoms. The molecule has 8 aromatic rings. The van der Waals surface area contributed by atoms with E-state index in [1.807, 2.05) is 28.7 Å². The first-order chi connectivity index (χ1) is 23.1. The van der Waals surface area contributed by atoms with Gasteiger partial charge in [-0.2, -0.15) is 0 Å². The molecule has 0 radical (unpaired) electrons. The van der Waals surface area contributed by atoms with Crippen molar-refractivity contribution < 1.29 is 0 Å². The maximum absolute atomic E-state index is 13.9. The van der Waals surface area contributed by atoms with Crippen molar-refractivity contribution in [2.24, 2.45) is 0 Å². The van der Waals surface area contributed by atoms with Gasteiger partial charge in [0.1, 0.15) is 0 Å². The van der Waals surface area contributed by atoms with Gasteiger partial charge in [0.05, 0.1) is 16.4 Å². The molecule has 2 heterocycles. The highest BCUT2D eigenvalue weighted by atomic mass is 16.1. The molecule has 2 aliphatic rings. The molecule has 10 rings (SSSR count). The summed E-state index contributed by atoms with van der Waals surface area (Å²) in [7, 11) is 0. The molecule has 0 saturated carbocycles. The first kappa shape index (κ1) is 26.2. The van der Waals surface area contributed by atoms with Crippen LogP contribution >= 0.6 is 0 Å². The molecule has 0 N–H and O–H groups in total. The Hall–Kier alpha value is -5.99. The normalized spacial score (nSPS) is 18.3. The molecule has 0 amide bonds. The van der Waals surface area contributed by atoms with Crippen LogP contribution in [0.3, 0.4) is 0 Å². The van der Waals surface area contributed by atoms with Gasteiger partial charge in [0.15, 0.2) is 0 Å². The fourth-order valence-electron chi connectivity index (χ4n) is 8.59. The summed E-state index contributed by atoms with van der Waals surface area (Å²) in [5.74, 6) is 0. The van der Waals surface area contributed by atoms with Crippen LogP contribution in [0.5, 0.6) is 0 Å². The number of hydrogen-bond donors (Lipinski definition) is 0. The van der Waals surface area contributed by atoms with Crippen molar-refractivity contribution in [3.8, 4) is 22.3 Å². The van der Waals surface area contributed by atoms with Crippen LogP contribution in [0.2, 0.25) is 0 Å². The maximum atomic E-state index is 13.9. The SMILES string of the molecule is C=C1/C=C\C=C/CC2(c3ccccc31)c1ccccc1-c1ccc(-c3cc4c5ccccc5c(=O)n5c6ccccc6c(c3)c45)cc12. The Labute approximate surface area is 272 Å². The molecule has 1 spiro atoms. The quantitative estimate of drug-likeness (QED) is 0.172. The fourth-order valence-corrected chi connectivity index (χ4v) is 8.59. The summed E-state index contributed by atoms with van der Waals surface area (Å²) >= 11 is 0. The first-order valence-electron chi connectivity index (χ1n) is 16.2. The number of fused-ring (bicyclic) bond motifs is 12. The standard InChI is InChI=1S/C45H29NO/c1-28-13-3-2-12-24-45(39-19-9-6-14-31(28)39)40-20-10-7-16-33(40)34-23-22-29(27-41(34)45)30-25-37-32-15-4-5-18-36(32)44(47)46-42-21-11-8-17-35(42)38(26-30)43(37)46/h2-23,25-27H,1,24H2/b12-2-,13-3-. The van der Waals surface area contributed by atoms with E-state index in [9.17, 15) is 4.79 Å². The third kappa shape index (κ3) is 3.42. The van der Waals surface area contributed by atoms with Gasteiger partial charge in [-0.3, -0.25) is 9.20 Å². The predicted molar refractivity (Wildman–Crippen MR) is 196 cm³/mol. The highest BCUT2D eigenvalue weighted by Gasteiger charge is 2.45. The summed E-state index contributed by atoms with van der Waals surface area (Å²) in [6.07, 6.45) is 9.53. The summed E-state index contributed by atoms with van der Waals surface area (Å²) in [5, 5.41) is 5.03. The van der Waals surface area contributed by atoms with Crippen molar-refractivity contribution in [3.05, 3.63) is 191 Å². The topological polar surface area (TPSA) is 21.5 Å². The minimum Gasteiger partial charge on any atom is -0.275 e. The van der Waals surface area contributed by atoms with Crippen molar-refractivity contribution in [2.75, 3.05) is 0 Å². The Balaban J connectivity index is 1.31. The molecule has 2 aromatic heterocycles. The van der Waals surface area contributed by atoms with Gasteiger partial charge in [-0.15, -0.1) is 0 Å². The van der Waals surface area contributed by atoms with E-state index < -0.39 is 0 Å². The van der Waals surface area contributed by atoms with Crippen LogP contribution in [0, 0.1) is 0 Å². The summed E-state index contributed by atoms with van der Waals surface area (Å²) < 4.78 is 1.92. The summed E-state index contributed by atoms with van der Waals surface area (Å²) in [5.41, 5.74) is 12.6. The Morgan fingerprint density at radius 2 is 1.19 bits per heavy atom. The van der Waals surface area contributed by atoms with Crippen molar-refractivity contribution in [2.45, 2.75) is 11.8 Å². The van der Waals surface area contributed by atoms with E-state index in [0.29, 0.717) is 0 Å². The molecular formula is C45H29NO. The Morgan fingerprint density at radius 1 is 0.553 bits per heavy atom. The average molecular weight is 600 g/mol. The molecule has 220 valence electrons. The van der Waals surface area contributed by atoms with Crippen LogP contribution in [0.4, 0.5) is 0 Å². The van der Waals surface area contributed by atoms with Gasteiger partial charge < -0.3 is 0 Å². The Bertz CT molecular complexity index is 2760. The predicted octanol–water partition coefficient (Wildman–Crippen LogP) is 10.7. The number of aromatic nitrogens is 1. The van der Waals surface area contributed by atoms with Crippen LogP contribution in [0.1, 0.15) is 28.7 Å². The van der Waals surface area contributed by atoms with E-state index in [1.165, 1.54) is 38.9 Å². The van der Waals surface area contributed by atoms with Crippen LogP contribution in [0.25, 0.3) is 65.8 Å². The van der Waals surface area contributed by atoms with Gasteiger partial charge >= 0.3 is 0 Å². The van der Waals surface area contributed by atoms with Gasteiger partial charge in [-0.1, -0.05) is 128 Å². The van der Waals surface area contributed by atoms with Crippen molar-refractivity contribution in [3.63, 3.8) is 0 Å². The lowest BCUT2D eigenvalue weighted by molar-refractivity contribution is 0.644. The zero-order valence-electron chi connectivity index (χ0n) is 25.7. The highest BCUT2D eigenvalue weighted by Crippen LogP contribution is 2.57. The number of benzene rings is 6. The lowest BCUT2D eigenvalue weighted by atomic mass is 9.68. The molecule has 47 heavy (non-hydrogen) atoms. The summed E-state index contributed by atoms with van der Waals surface area (Å²) in [6, 6.07) is 45.6. The smallest absolute Gasteiger partial charge is 0.263 e. The second kappa shape index (κ2) is 9.51. The zero-order chi connectivity index (χ0) is 31.3. The molecule has 2 nitrogen and oxygen atoms in total. The molecule has 6 aromatic carbocycles. The number of rotatable bonds is 1. The van der Waals surface area contributed by atoms with E-state index in [1.54, 1.807) is 0 Å². The van der Waals surface area contributed by atoms with Gasteiger partial charge in [-0.25, -0.2) is 0 Å². The largest absolute Gasteiger partial charge is 0.275 e.